The Bertz CT molecular complexity index is 961. The molecular weight excluding hydrogens is 406 g/mol. The van der Waals surface area contributed by atoms with Crippen molar-refractivity contribution >= 4 is 27.7 Å². The Balaban J connectivity index is 1.77. The third kappa shape index (κ3) is 4.02. The topological polar surface area (TPSA) is 80.9 Å². The molecule has 0 bridgehead atoms. The van der Waals surface area contributed by atoms with Crippen molar-refractivity contribution in [3.63, 3.8) is 0 Å². The van der Waals surface area contributed by atoms with Gasteiger partial charge in [-0.3, -0.25) is 9.78 Å². The summed E-state index contributed by atoms with van der Waals surface area (Å²) in [6.07, 6.45) is 2.88. The van der Waals surface area contributed by atoms with Gasteiger partial charge in [0.25, 0.3) is 5.91 Å². The summed E-state index contributed by atoms with van der Waals surface area (Å²) in [7, 11) is 0. The van der Waals surface area contributed by atoms with E-state index in [2.05, 4.69) is 31.2 Å². The van der Waals surface area contributed by atoms with Crippen LogP contribution >= 0.6 is 15.9 Å². The van der Waals surface area contributed by atoms with Crippen molar-refractivity contribution in [1.82, 2.24) is 15.3 Å². The summed E-state index contributed by atoms with van der Waals surface area (Å²) in [4.78, 5) is 20.2. The minimum atomic E-state index is -0.717. The van der Waals surface area contributed by atoms with E-state index in [0.29, 0.717) is 21.3 Å². The van der Waals surface area contributed by atoms with E-state index in [4.69, 9.17) is 5.73 Å². The molecular formula is C18H13BrF2N4O. The van der Waals surface area contributed by atoms with E-state index in [1.54, 1.807) is 6.07 Å². The van der Waals surface area contributed by atoms with Gasteiger partial charge in [-0.05, 0) is 35.9 Å². The molecule has 132 valence electrons. The number of halogens is 3. The van der Waals surface area contributed by atoms with E-state index in [0.717, 1.165) is 0 Å². The van der Waals surface area contributed by atoms with Crippen LogP contribution in [0.5, 0.6) is 0 Å². The maximum atomic E-state index is 14.4. The molecule has 3 rings (SSSR count). The number of nitrogen functional groups attached to an aromatic ring is 1. The average molecular weight is 419 g/mol. The predicted molar refractivity (Wildman–Crippen MR) is 97.1 cm³/mol. The SMILES string of the molecule is Nc1nccnc1-c1ccc(C(=O)NCc2cc(F)cc(Br)c2)c(F)c1. The van der Waals surface area contributed by atoms with Crippen LogP contribution < -0.4 is 11.1 Å². The average Bonchev–Trinajstić information content (AvgIpc) is 2.59. The lowest BCUT2D eigenvalue weighted by atomic mass is 10.1. The molecule has 0 atom stereocenters. The molecule has 1 heterocycles. The molecule has 0 radical (unpaired) electrons. The van der Waals surface area contributed by atoms with Crippen molar-refractivity contribution in [1.29, 1.82) is 0 Å². The molecule has 5 nitrogen and oxygen atoms in total. The maximum absolute atomic E-state index is 14.4. The molecule has 2 aromatic carbocycles. The third-order valence-corrected chi connectivity index (χ3v) is 4.05. The number of amides is 1. The number of anilines is 1. The smallest absolute Gasteiger partial charge is 0.254 e. The van der Waals surface area contributed by atoms with E-state index >= 15 is 0 Å². The Hall–Kier alpha value is -2.87. The quantitative estimate of drug-likeness (QED) is 0.676. The van der Waals surface area contributed by atoms with Crippen molar-refractivity contribution in [3.05, 3.63) is 76.0 Å². The summed E-state index contributed by atoms with van der Waals surface area (Å²) in [5.41, 5.74) is 6.90. The Kier molecular flexibility index (Phi) is 5.22. The normalized spacial score (nSPS) is 10.6. The largest absolute Gasteiger partial charge is 0.382 e. The van der Waals surface area contributed by atoms with Gasteiger partial charge in [0.1, 0.15) is 23.1 Å². The number of hydrogen-bond donors (Lipinski definition) is 2. The molecule has 0 saturated heterocycles. The van der Waals surface area contributed by atoms with Gasteiger partial charge in [-0.15, -0.1) is 0 Å². The molecule has 0 spiro atoms. The van der Waals surface area contributed by atoms with Gasteiger partial charge in [0, 0.05) is 29.0 Å². The molecule has 0 fully saturated rings. The van der Waals surface area contributed by atoms with Gasteiger partial charge in [0.2, 0.25) is 0 Å². The second kappa shape index (κ2) is 7.57. The summed E-state index contributed by atoms with van der Waals surface area (Å²) in [5.74, 6) is -1.59. The monoisotopic (exact) mass is 418 g/mol. The number of carbonyl (C=O) groups excluding carboxylic acids is 1. The first-order chi connectivity index (χ1) is 12.4. The molecule has 0 unspecified atom stereocenters. The highest BCUT2D eigenvalue weighted by molar-refractivity contribution is 9.10. The molecule has 3 aromatic rings. The van der Waals surface area contributed by atoms with Gasteiger partial charge in [-0.1, -0.05) is 22.0 Å². The minimum absolute atomic E-state index is 0.0630. The molecule has 26 heavy (non-hydrogen) atoms. The van der Waals surface area contributed by atoms with E-state index in [-0.39, 0.29) is 17.9 Å². The van der Waals surface area contributed by atoms with Gasteiger partial charge in [0.15, 0.2) is 0 Å². The van der Waals surface area contributed by atoms with Crippen LogP contribution in [0.15, 0.2) is 53.3 Å². The fourth-order valence-corrected chi connectivity index (χ4v) is 2.92. The van der Waals surface area contributed by atoms with Crippen LogP contribution in [-0.4, -0.2) is 15.9 Å². The van der Waals surface area contributed by atoms with Gasteiger partial charge < -0.3 is 11.1 Å². The van der Waals surface area contributed by atoms with Crippen molar-refractivity contribution in [3.8, 4) is 11.3 Å². The van der Waals surface area contributed by atoms with Gasteiger partial charge in [-0.2, -0.15) is 0 Å². The number of rotatable bonds is 4. The second-order valence-electron chi connectivity index (χ2n) is 5.45. The summed E-state index contributed by atoms with van der Waals surface area (Å²) in [5, 5.41) is 2.56. The molecule has 0 aliphatic rings. The van der Waals surface area contributed by atoms with E-state index < -0.39 is 17.5 Å². The highest BCUT2D eigenvalue weighted by atomic mass is 79.9. The fourth-order valence-electron chi connectivity index (χ4n) is 2.41. The minimum Gasteiger partial charge on any atom is -0.382 e. The van der Waals surface area contributed by atoms with Gasteiger partial charge in [-0.25, -0.2) is 13.8 Å². The van der Waals surface area contributed by atoms with E-state index in [9.17, 15) is 13.6 Å². The first-order valence-electron chi connectivity index (χ1n) is 7.53. The van der Waals surface area contributed by atoms with Crippen LogP contribution in [0.3, 0.4) is 0 Å². The fraction of sp³-hybridized carbons (Fsp3) is 0.0556. The van der Waals surface area contributed by atoms with Crippen LogP contribution in [0.25, 0.3) is 11.3 Å². The van der Waals surface area contributed by atoms with Gasteiger partial charge >= 0.3 is 0 Å². The van der Waals surface area contributed by atoms with Crippen LogP contribution in [0.4, 0.5) is 14.6 Å². The number of nitrogens with two attached hydrogens (primary N) is 1. The first kappa shape index (κ1) is 17.9. The molecule has 0 aliphatic carbocycles. The Morgan fingerprint density at radius 1 is 1.12 bits per heavy atom. The lowest BCUT2D eigenvalue weighted by Crippen LogP contribution is -2.24. The Labute approximate surface area is 156 Å². The number of hydrogen-bond acceptors (Lipinski definition) is 4. The van der Waals surface area contributed by atoms with Gasteiger partial charge in [0.05, 0.1) is 5.56 Å². The summed E-state index contributed by atoms with van der Waals surface area (Å²) in [6.45, 7) is 0.0630. The standard InChI is InChI=1S/C18H13BrF2N4O/c19-12-5-10(6-13(20)8-12)9-25-18(26)14-2-1-11(7-15(14)21)16-17(22)24-4-3-23-16/h1-8H,9H2,(H2,22,24)(H,25,26). The van der Waals surface area contributed by atoms with Crippen molar-refractivity contribution in [2.75, 3.05) is 5.73 Å². The lowest BCUT2D eigenvalue weighted by Gasteiger charge is -2.09. The van der Waals surface area contributed by atoms with Crippen molar-refractivity contribution in [2.24, 2.45) is 0 Å². The van der Waals surface area contributed by atoms with Crippen LogP contribution in [0.2, 0.25) is 0 Å². The summed E-state index contributed by atoms with van der Waals surface area (Å²) >= 11 is 3.18. The van der Waals surface area contributed by atoms with E-state index in [1.807, 2.05) is 0 Å². The van der Waals surface area contributed by atoms with Crippen LogP contribution in [0, 0.1) is 11.6 Å². The molecule has 0 saturated carbocycles. The lowest BCUT2D eigenvalue weighted by molar-refractivity contribution is 0.0947. The van der Waals surface area contributed by atoms with Crippen LogP contribution in [-0.2, 0) is 6.54 Å². The zero-order valence-electron chi connectivity index (χ0n) is 13.3. The third-order valence-electron chi connectivity index (χ3n) is 3.59. The zero-order valence-corrected chi connectivity index (χ0v) is 14.9. The summed E-state index contributed by atoms with van der Waals surface area (Å²) < 4.78 is 28.3. The number of nitrogens with zero attached hydrogens (tertiary/aromatic N) is 2. The summed E-state index contributed by atoms with van der Waals surface area (Å²) in [6, 6.07) is 8.32. The molecule has 0 aliphatic heterocycles. The molecule has 1 amide bonds. The molecule has 3 N–H and O–H groups in total. The van der Waals surface area contributed by atoms with Crippen LogP contribution in [0.1, 0.15) is 15.9 Å². The Morgan fingerprint density at radius 2 is 1.88 bits per heavy atom. The zero-order chi connectivity index (χ0) is 18.7. The number of aromatic nitrogens is 2. The number of benzene rings is 2. The predicted octanol–water partition coefficient (Wildman–Crippen LogP) is 3.70. The van der Waals surface area contributed by atoms with Crippen molar-refractivity contribution < 1.29 is 13.6 Å². The highest BCUT2D eigenvalue weighted by Crippen LogP contribution is 2.23. The first-order valence-corrected chi connectivity index (χ1v) is 8.33. The second-order valence-corrected chi connectivity index (χ2v) is 6.36. The number of carbonyl (C=O) groups is 1. The number of nitrogens with one attached hydrogen (secondary N) is 1. The van der Waals surface area contributed by atoms with E-state index in [1.165, 1.54) is 42.7 Å². The molecule has 8 heteroatoms. The highest BCUT2D eigenvalue weighted by Gasteiger charge is 2.14. The van der Waals surface area contributed by atoms with Crippen molar-refractivity contribution in [2.45, 2.75) is 6.54 Å². The Morgan fingerprint density at radius 3 is 2.58 bits per heavy atom. The maximum Gasteiger partial charge on any atom is 0.254 e. The molecule has 1 aromatic heterocycles.